The molecular weight excluding hydrogens is 1400 g/mol. The number of benzene rings is 7. The summed E-state index contributed by atoms with van der Waals surface area (Å²) in [5, 5.41) is 0. The Morgan fingerprint density at radius 1 is 0.243 bits per heavy atom. The summed E-state index contributed by atoms with van der Waals surface area (Å²) < 4.78 is 65.3. The van der Waals surface area contributed by atoms with Crippen LogP contribution in [0.1, 0.15) is 466 Å². The maximum Gasteiger partial charge on any atom is 0.394 e. The summed E-state index contributed by atoms with van der Waals surface area (Å²) in [5.74, 6) is -0.813. The van der Waals surface area contributed by atoms with Crippen LogP contribution in [0.4, 0.5) is 13.2 Å². The molecular formula is C112H179F3. The van der Waals surface area contributed by atoms with Crippen molar-refractivity contribution in [1.82, 2.24) is 0 Å². The van der Waals surface area contributed by atoms with E-state index in [1.807, 2.05) is 32.9 Å². The second kappa shape index (κ2) is 44.0. The fraction of sp³-hybridized carbons (Fsp3) is 0.625. The summed E-state index contributed by atoms with van der Waals surface area (Å²) in [7, 11) is 0. The van der Waals surface area contributed by atoms with Gasteiger partial charge >= 0.3 is 6.18 Å². The fourth-order valence-corrected chi connectivity index (χ4v) is 15.2. The van der Waals surface area contributed by atoms with Crippen LogP contribution < -0.4 is 0 Å². The molecule has 115 heavy (non-hydrogen) atoms. The first-order chi connectivity index (χ1) is 53.1. The standard InChI is InChI=1S/C20H34.C18H30.C15H21F3.3C15H24.C14H22/c1-8-15(9-2)17-13-12-14-18(16(10-3)11-4)19(17)20(5,6)7;1-16(2,3)13-10-14(17(4,5)6)12-15(11-13)18(7,8)9;1-13(2,3)12-9-7-6-8-11(12)10-14(4,5)15(16,17)18;1-14(2,3)11-12-9-7-8-10-13(12)15(4,5)6;2*1-6-12(7-2)13-10-8-9-11-14(13)15(3,4)5;1-13(2,3)11-9-7-8-10-12(11)14(4,5)6/h12-16H,8-11H2,1-7H3;10-12H,1-9H3;6-9H,10H2,1-5H3;7-10H,11H2,1-6H3;2*8-12H,6-7H2,1-5H3;7-10H,1-6H3/i15D,16D;;;;12D;;. The zero-order valence-corrected chi connectivity index (χ0v) is 82.8. The summed E-state index contributed by atoms with van der Waals surface area (Å²) >= 11 is 0. The molecule has 0 amide bonds. The van der Waals surface area contributed by atoms with Gasteiger partial charge in [0.05, 0.1) is 5.41 Å². The zero-order chi connectivity index (χ0) is 92.3. The second-order valence-corrected chi connectivity index (χ2v) is 44.8. The quantitative estimate of drug-likeness (QED) is 0.0960. The van der Waals surface area contributed by atoms with E-state index in [1.54, 1.807) is 17.7 Å². The molecule has 0 heterocycles. The molecule has 0 spiro atoms. The summed E-state index contributed by atoms with van der Waals surface area (Å²) in [4.78, 5) is 0. The lowest BCUT2D eigenvalue weighted by molar-refractivity contribution is -0.211. The third kappa shape index (κ3) is 35.3. The van der Waals surface area contributed by atoms with Gasteiger partial charge in [-0.2, -0.15) is 13.2 Å². The Bertz CT molecular complexity index is 3940. The summed E-state index contributed by atoms with van der Waals surface area (Å²) in [6.07, 6.45) is 4.43. The van der Waals surface area contributed by atoms with E-state index in [1.165, 1.54) is 87.9 Å². The van der Waals surface area contributed by atoms with Crippen molar-refractivity contribution < 1.29 is 17.3 Å². The molecule has 0 fully saturated rings. The third-order valence-corrected chi connectivity index (χ3v) is 22.3. The van der Waals surface area contributed by atoms with E-state index in [2.05, 4.69) is 397 Å². The average molecular weight is 1590 g/mol. The number of halogens is 3. The molecule has 0 aliphatic rings. The van der Waals surface area contributed by atoms with E-state index in [9.17, 15) is 13.2 Å². The van der Waals surface area contributed by atoms with Crippen molar-refractivity contribution in [3.63, 3.8) is 0 Å². The van der Waals surface area contributed by atoms with Crippen LogP contribution in [0, 0.1) is 10.8 Å². The lowest BCUT2D eigenvalue weighted by Crippen LogP contribution is -2.34. The number of rotatable bonds is 15. The van der Waals surface area contributed by atoms with Crippen LogP contribution in [-0.4, -0.2) is 6.18 Å². The Balaban J connectivity index is 0.000000691. The Hall–Kier alpha value is -5.67. The van der Waals surface area contributed by atoms with Crippen molar-refractivity contribution in [1.29, 1.82) is 0 Å². The first-order valence-electron chi connectivity index (χ1n) is 46.0. The molecule has 0 bridgehead atoms. The van der Waals surface area contributed by atoms with Gasteiger partial charge in [-0.15, -0.1) is 0 Å². The molecule has 0 N–H and O–H groups in total. The SMILES string of the molecule is CC(C)(C)Cc1ccccc1C(C)(C)C.CC(C)(C)c1cc(C(C)(C)C)cc(C(C)(C)C)c1.CC(C)(C)c1ccccc1C(C)(C)C.CC(C)(C)c1ccccc1CC(C)(C)C(F)(F)F.CCC(CC)c1ccccc1C(C)(C)C.[2H]C(CC)(CC)c1cccc(C([2H])(CC)CC)c1C(C)(C)C.[2H]C(CC)(CC)c1ccccc1C(C)(C)C. The van der Waals surface area contributed by atoms with Gasteiger partial charge in [-0.25, -0.2) is 0 Å². The molecule has 648 valence electrons. The lowest BCUT2D eigenvalue weighted by atomic mass is 9.73. The first kappa shape index (κ1) is 102. The molecule has 0 radical (unpaired) electrons. The molecule has 0 saturated carbocycles. The number of alkyl halides is 3. The molecule has 7 aromatic carbocycles. The monoisotopic (exact) mass is 1580 g/mol. The van der Waals surface area contributed by atoms with Crippen molar-refractivity contribution >= 4 is 0 Å². The predicted octanol–water partition coefficient (Wildman–Crippen LogP) is 36.1. The van der Waals surface area contributed by atoms with Crippen LogP contribution in [-0.2, 0) is 67.0 Å². The Labute approximate surface area is 716 Å². The van der Waals surface area contributed by atoms with Crippen molar-refractivity contribution in [3.05, 3.63) is 247 Å². The maximum absolute atomic E-state index is 12.9. The van der Waals surface area contributed by atoms with E-state index >= 15 is 0 Å². The molecule has 0 atom stereocenters. The van der Waals surface area contributed by atoms with Gasteiger partial charge in [0.15, 0.2) is 0 Å². The zero-order valence-electron chi connectivity index (χ0n) is 85.8. The predicted molar refractivity (Wildman–Crippen MR) is 512 cm³/mol. The van der Waals surface area contributed by atoms with E-state index in [0.717, 1.165) is 73.1 Å². The normalized spacial score (nSPS) is 13.6. The van der Waals surface area contributed by atoms with Gasteiger partial charge in [0.25, 0.3) is 0 Å². The molecule has 0 saturated heterocycles. The summed E-state index contributed by atoms with van der Waals surface area (Å²) in [6.45, 7) is 94.0. The largest absolute Gasteiger partial charge is 0.394 e. The highest BCUT2D eigenvalue weighted by Crippen LogP contribution is 2.45. The van der Waals surface area contributed by atoms with Gasteiger partial charge < -0.3 is 0 Å². The Morgan fingerprint density at radius 3 is 0.730 bits per heavy atom. The van der Waals surface area contributed by atoms with Crippen LogP contribution in [0.2, 0.25) is 0 Å². The minimum absolute atomic E-state index is 0.0178. The van der Waals surface area contributed by atoms with E-state index in [4.69, 9.17) is 4.11 Å². The molecule has 3 heteroatoms. The third-order valence-electron chi connectivity index (χ3n) is 22.3. The van der Waals surface area contributed by atoms with Crippen molar-refractivity contribution in [2.24, 2.45) is 10.8 Å². The van der Waals surface area contributed by atoms with E-state index in [0.29, 0.717) is 5.41 Å². The maximum atomic E-state index is 12.9. The molecule has 0 unspecified atom stereocenters. The van der Waals surface area contributed by atoms with Crippen LogP contribution >= 0.6 is 0 Å². The molecule has 0 aromatic heterocycles. The van der Waals surface area contributed by atoms with Crippen LogP contribution in [0.15, 0.2) is 158 Å². The van der Waals surface area contributed by atoms with Crippen molar-refractivity contribution in [3.8, 4) is 0 Å². The van der Waals surface area contributed by atoms with Gasteiger partial charge in [0.2, 0.25) is 0 Å². The highest BCUT2D eigenvalue weighted by molar-refractivity contribution is 5.46. The van der Waals surface area contributed by atoms with Crippen LogP contribution in [0.3, 0.4) is 0 Å². The van der Waals surface area contributed by atoms with Gasteiger partial charge in [-0.3, -0.25) is 0 Å². The minimum Gasteiger partial charge on any atom is -0.171 e. The topological polar surface area (TPSA) is 0 Å². The second-order valence-electron chi connectivity index (χ2n) is 44.8. The first-order valence-corrected chi connectivity index (χ1v) is 44.5. The van der Waals surface area contributed by atoms with Crippen molar-refractivity contribution in [2.75, 3.05) is 0 Å². The average Bonchev–Trinajstić information content (AvgIpc) is 0.750. The van der Waals surface area contributed by atoms with Gasteiger partial charge in [-0.05, 0) is 236 Å². The smallest absolute Gasteiger partial charge is 0.171 e. The van der Waals surface area contributed by atoms with Gasteiger partial charge in [-0.1, -0.05) is 455 Å². The lowest BCUT2D eigenvalue weighted by Gasteiger charge is -2.32. The van der Waals surface area contributed by atoms with Gasteiger partial charge in [0.1, 0.15) is 0 Å². The number of hydrogen-bond acceptors (Lipinski definition) is 0. The number of hydrogen-bond donors (Lipinski definition) is 0. The van der Waals surface area contributed by atoms with Gasteiger partial charge in [0, 0.05) is 4.11 Å². The molecule has 0 aliphatic heterocycles. The molecule has 7 aromatic rings. The summed E-state index contributed by atoms with van der Waals surface area (Å²) in [5.41, 5.74) is 21.3. The van der Waals surface area contributed by atoms with Crippen LogP contribution in [0.5, 0.6) is 0 Å². The Morgan fingerprint density at radius 2 is 0.478 bits per heavy atom. The highest BCUT2D eigenvalue weighted by atomic mass is 19.4. The summed E-state index contributed by atoms with van der Waals surface area (Å²) in [6, 6.07) is 55.8. The minimum atomic E-state index is -4.18. The molecule has 7 rings (SSSR count). The Kier molecular flexibility index (Phi) is 38.9. The highest BCUT2D eigenvalue weighted by Gasteiger charge is 2.47. The fourth-order valence-electron chi connectivity index (χ4n) is 15.2. The molecule has 0 nitrogen and oxygen atoms in total. The van der Waals surface area contributed by atoms with E-state index in [-0.39, 0.29) is 60.6 Å². The van der Waals surface area contributed by atoms with Crippen LogP contribution in [0.25, 0.3) is 0 Å². The van der Waals surface area contributed by atoms with Crippen molar-refractivity contribution in [2.45, 2.75) is 446 Å². The van der Waals surface area contributed by atoms with E-state index < -0.39 is 29.3 Å². The molecule has 0 aliphatic carbocycles.